The van der Waals surface area contributed by atoms with Crippen LogP contribution in [0.15, 0.2) is 12.1 Å². The fraction of sp³-hybridized carbons (Fsp3) is 0.400. The van der Waals surface area contributed by atoms with Crippen LogP contribution in [0.3, 0.4) is 0 Å². The van der Waals surface area contributed by atoms with Crippen molar-refractivity contribution in [2.75, 3.05) is 13.2 Å². The van der Waals surface area contributed by atoms with Crippen LogP contribution in [0.5, 0.6) is 5.75 Å². The van der Waals surface area contributed by atoms with Gasteiger partial charge in [-0.1, -0.05) is 11.6 Å². The fourth-order valence-electron chi connectivity index (χ4n) is 0.959. The van der Waals surface area contributed by atoms with E-state index in [1.807, 2.05) is 6.92 Å². The maximum Gasteiger partial charge on any atom is 0.344 e. The number of esters is 1. The van der Waals surface area contributed by atoms with Crippen LogP contribution in [0, 0.1) is 6.92 Å². The Bertz CT molecular complexity index is 355. The van der Waals surface area contributed by atoms with Crippen molar-refractivity contribution in [3.63, 3.8) is 0 Å². The van der Waals surface area contributed by atoms with Gasteiger partial charge in [0.2, 0.25) is 0 Å². The van der Waals surface area contributed by atoms with Gasteiger partial charge in [-0.3, -0.25) is 0 Å². The molecule has 0 saturated carbocycles. The van der Waals surface area contributed by atoms with E-state index in [9.17, 15) is 4.79 Å². The fourth-order valence-corrected chi connectivity index (χ4v) is 1.21. The highest BCUT2D eigenvalue weighted by atomic mass is 35.5. The Morgan fingerprint density at radius 1 is 1.53 bits per heavy atom. The van der Waals surface area contributed by atoms with Gasteiger partial charge in [0.15, 0.2) is 17.5 Å². The van der Waals surface area contributed by atoms with E-state index in [0.717, 1.165) is 5.69 Å². The summed E-state index contributed by atoms with van der Waals surface area (Å²) in [6, 6.07) is 3.43. The number of aryl methyl sites for hydroxylation is 1. The molecule has 0 saturated heterocycles. The molecule has 0 atom stereocenters. The van der Waals surface area contributed by atoms with E-state index >= 15 is 0 Å². The minimum atomic E-state index is -0.422. The average molecular weight is 230 g/mol. The first-order valence-electron chi connectivity index (χ1n) is 4.55. The van der Waals surface area contributed by atoms with E-state index in [1.165, 1.54) is 0 Å². The Morgan fingerprint density at radius 3 is 2.87 bits per heavy atom. The number of pyridine rings is 1. The summed E-state index contributed by atoms with van der Waals surface area (Å²) in [5.74, 6) is -0.0375. The Labute approximate surface area is 93.2 Å². The summed E-state index contributed by atoms with van der Waals surface area (Å²) in [6.07, 6.45) is 0. The highest BCUT2D eigenvalue weighted by molar-refractivity contribution is 6.30. The molecule has 1 rings (SSSR count). The summed E-state index contributed by atoms with van der Waals surface area (Å²) in [5.41, 5.74) is 0.795. The number of hydrogen-bond acceptors (Lipinski definition) is 4. The van der Waals surface area contributed by atoms with Gasteiger partial charge in [-0.15, -0.1) is 0 Å². The van der Waals surface area contributed by atoms with Gasteiger partial charge in [-0.25, -0.2) is 9.78 Å². The molecular formula is C10H12ClNO3. The lowest BCUT2D eigenvalue weighted by Crippen LogP contribution is -2.14. The van der Waals surface area contributed by atoms with E-state index < -0.39 is 5.97 Å². The van der Waals surface area contributed by atoms with Crippen molar-refractivity contribution in [1.29, 1.82) is 0 Å². The molecule has 5 heteroatoms. The highest BCUT2D eigenvalue weighted by Crippen LogP contribution is 2.21. The molecule has 4 nitrogen and oxygen atoms in total. The smallest absolute Gasteiger partial charge is 0.344 e. The van der Waals surface area contributed by atoms with Crippen LogP contribution in [-0.4, -0.2) is 24.2 Å². The molecule has 0 fully saturated rings. The Morgan fingerprint density at radius 2 is 2.27 bits per heavy atom. The summed E-state index contributed by atoms with van der Waals surface area (Å²) in [7, 11) is 0. The molecule has 0 aromatic carbocycles. The van der Waals surface area contributed by atoms with Gasteiger partial charge in [0, 0.05) is 5.69 Å². The first-order valence-corrected chi connectivity index (χ1v) is 4.93. The number of halogens is 1. The van der Waals surface area contributed by atoms with Gasteiger partial charge >= 0.3 is 5.97 Å². The van der Waals surface area contributed by atoms with Crippen molar-refractivity contribution in [1.82, 2.24) is 4.98 Å². The second-order valence-corrected chi connectivity index (χ2v) is 3.19. The van der Waals surface area contributed by atoms with Gasteiger partial charge in [-0.05, 0) is 26.0 Å². The molecule has 0 N–H and O–H groups in total. The predicted molar refractivity (Wildman–Crippen MR) is 56.1 cm³/mol. The molecule has 82 valence electrons. The number of hydrogen-bond donors (Lipinski definition) is 0. The Balaban J connectivity index is 2.54. The molecule has 0 radical (unpaired) electrons. The third-order valence-corrected chi connectivity index (χ3v) is 1.88. The van der Waals surface area contributed by atoms with Gasteiger partial charge in [0.25, 0.3) is 0 Å². The largest absolute Gasteiger partial charge is 0.479 e. The van der Waals surface area contributed by atoms with E-state index in [1.54, 1.807) is 19.1 Å². The van der Waals surface area contributed by atoms with E-state index in [2.05, 4.69) is 4.98 Å². The van der Waals surface area contributed by atoms with Gasteiger partial charge in [0.1, 0.15) is 0 Å². The monoisotopic (exact) mass is 229 g/mol. The molecule has 0 unspecified atom stereocenters. The van der Waals surface area contributed by atoms with Crippen LogP contribution in [0.25, 0.3) is 0 Å². The van der Waals surface area contributed by atoms with Crippen LogP contribution < -0.4 is 4.74 Å². The van der Waals surface area contributed by atoms with Crippen LogP contribution in [-0.2, 0) is 9.53 Å². The van der Waals surface area contributed by atoms with Crippen molar-refractivity contribution in [3.8, 4) is 5.75 Å². The minimum absolute atomic E-state index is 0.154. The molecular weight excluding hydrogens is 218 g/mol. The first-order chi connectivity index (χ1) is 7.13. The van der Waals surface area contributed by atoms with Crippen LogP contribution in [0.1, 0.15) is 12.6 Å². The van der Waals surface area contributed by atoms with Crippen LogP contribution >= 0.6 is 11.6 Å². The van der Waals surface area contributed by atoms with Gasteiger partial charge in [0.05, 0.1) is 6.61 Å². The minimum Gasteiger partial charge on any atom is -0.479 e. The molecule has 0 spiro atoms. The molecule has 1 aromatic rings. The van der Waals surface area contributed by atoms with Crippen molar-refractivity contribution < 1.29 is 14.3 Å². The molecule has 0 bridgehead atoms. The van der Waals surface area contributed by atoms with E-state index in [4.69, 9.17) is 21.1 Å². The lowest BCUT2D eigenvalue weighted by molar-refractivity contribution is -0.145. The summed E-state index contributed by atoms with van der Waals surface area (Å²) < 4.78 is 9.84. The van der Waals surface area contributed by atoms with Crippen LogP contribution in [0.4, 0.5) is 0 Å². The molecule has 1 heterocycles. The molecule has 0 aliphatic carbocycles. The van der Waals surface area contributed by atoms with Gasteiger partial charge in [-0.2, -0.15) is 0 Å². The summed E-state index contributed by atoms with van der Waals surface area (Å²) in [6.45, 7) is 3.74. The zero-order chi connectivity index (χ0) is 11.3. The SMILES string of the molecule is CCOC(=O)COc1ccc(C)nc1Cl. The number of aromatic nitrogens is 1. The number of nitrogens with zero attached hydrogens (tertiary/aromatic N) is 1. The predicted octanol–water partition coefficient (Wildman–Crippen LogP) is 1.99. The maximum absolute atomic E-state index is 11.0. The second kappa shape index (κ2) is 5.56. The topological polar surface area (TPSA) is 48.4 Å². The van der Waals surface area contributed by atoms with Crippen LogP contribution in [0.2, 0.25) is 5.15 Å². The molecule has 0 aliphatic rings. The number of ether oxygens (including phenoxy) is 2. The van der Waals surface area contributed by atoms with Crippen molar-refractivity contribution in [3.05, 3.63) is 23.0 Å². The molecule has 0 aliphatic heterocycles. The first kappa shape index (κ1) is 11.8. The summed E-state index contributed by atoms with van der Waals surface area (Å²) in [5, 5.41) is 0.249. The Hall–Kier alpha value is -1.29. The normalized spacial score (nSPS) is 9.80. The van der Waals surface area contributed by atoms with E-state index in [-0.39, 0.29) is 11.8 Å². The third kappa shape index (κ3) is 3.75. The zero-order valence-electron chi connectivity index (χ0n) is 8.62. The van der Waals surface area contributed by atoms with Crippen molar-refractivity contribution in [2.45, 2.75) is 13.8 Å². The standard InChI is InChI=1S/C10H12ClNO3/c1-3-14-9(13)6-15-8-5-4-7(2)12-10(8)11/h4-5H,3,6H2,1-2H3. The maximum atomic E-state index is 11.0. The lowest BCUT2D eigenvalue weighted by atomic mass is 10.4. The number of rotatable bonds is 4. The lowest BCUT2D eigenvalue weighted by Gasteiger charge is -2.06. The van der Waals surface area contributed by atoms with E-state index in [0.29, 0.717) is 12.4 Å². The molecule has 15 heavy (non-hydrogen) atoms. The third-order valence-electron chi connectivity index (χ3n) is 1.60. The number of carbonyl (C=O) groups excluding carboxylic acids is 1. The summed E-state index contributed by atoms with van der Waals surface area (Å²) >= 11 is 5.80. The molecule has 0 amide bonds. The highest BCUT2D eigenvalue weighted by Gasteiger charge is 2.06. The summed E-state index contributed by atoms with van der Waals surface area (Å²) in [4.78, 5) is 15.0. The molecule has 1 aromatic heterocycles. The Kier molecular flexibility index (Phi) is 4.37. The quantitative estimate of drug-likeness (QED) is 0.585. The van der Waals surface area contributed by atoms with Crippen molar-refractivity contribution >= 4 is 17.6 Å². The second-order valence-electron chi connectivity index (χ2n) is 2.84. The van der Waals surface area contributed by atoms with Gasteiger partial charge < -0.3 is 9.47 Å². The average Bonchev–Trinajstić information content (AvgIpc) is 2.17. The number of carbonyl (C=O) groups is 1. The van der Waals surface area contributed by atoms with Crippen molar-refractivity contribution in [2.24, 2.45) is 0 Å². The zero-order valence-corrected chi connectivity index (χ0v) is 9.37.